The Bertz CT molecular complexity index is 1280. The molecule has 0 spiro atoms. The van der Waals surface area contributed by atoms with Gasteiger partial charge in [0.2, 0.25) is 5.91 Å². The topological polar surface area (TPSA) is 42.0 Å². The van der Waals surface area contributed by atoms with Gasteiger partial charge >= 0.3 is 0 Å². The second kappa shape index (κ2) is 10.3. The molecular formula is C29H32N2OS2. The predicted molar refractivity (Wildman–Crippen MR) is 147 cm³/mol. The molecule has 0 radical (unpaired) electrons. The number of amides is 1. The van der Waals surface area contributed by atoms with Crippen molar-refractivity contribution in [3.8, 4) is 0 Å². The van der Waals surface area contributed by atoms with Crippen LogP contribution in [0.5, 0.6) is 0 Å². The predicted octanol–water partition coefficient (Wildman–Crippen LogP) is 8.07. The standard InChI is InChI=1S/C29H32N2OS2/c1-19-15-22(29(3,4)5)16-20(2)24(19)18-33-28-31-25-13-12-23(17-26(25)34-28)30-27(32)14-11-21-9-7-6-8-10-21/h6-10,12-13,15-17H,11,14,18H2,1-5H3,(H,30,32). The van der Waals surface area contributed by atoms with Crippen LogP contribution in [0.3, 0.4) is 0 Å². The Kier molecular flexibility index (Phi) is 7.44. The van der Waals surface area contributed by atoms with E-state index in [1.54, 1.807) is 23.1 Å². The SMILES string of the molecule is Cc1cc(C(C)(C)C)cc(C)c1CSc1nc2ccc(NC(=O)CCc3ccccc3)cc2s1. The summed E-state index contributed by atoms with van der Waals surface area (Å²) in [5.74, 6) is 0.942. The van der Waals surface area contributed by atoms with Gasteiger partial charge in [-0.15, -0.1) is 11.3 Å². The lowest BCUT2D eigenvalue weighted by atomic mass is 9.84. The van der Waals surface area contributed by atoms with E-state index in [0.29, 0.717) is 6.42 Å². The Balaban J connectivity index is 1.40. The van der Waals surface area contributed by atoms with E-state index >= 15 is 0 Å². The molecule has 1 N–H and O–H groups in total. The molecular weight excluding hydrogens is 456 g/mol. The third-order valence-corrected chi connectivity index (χ3v) is 8.23. The molecule has 0 saturated heterocycles. The van der Waals surface area contributed by atoms with Crippen LogP contribution < -0.4 is 5.32 Å². The third kappa shape index (κ3) is 6.08. The molecule has 3 nitrogen and oxygen atoms in total. The highest BCUT2D eigenvalue weighted by molar-refractivity contribution is 8.00. The van der Waals surface area contributed by atoms with Crippen LogP contribution in [-0.2, 0) is 22.4 Å². The van der Waals surface area contributed by atoms with E-state index in [4.69, 9.17) is 4.98 Å². The molecule has 0 aliphatic rings. The van der Waals surface area contributed by atoms with E-state index in [0.717, 1.165) is 32.4 Å². The number of rotatable bonds is 7. The van der Waals surface area contributed by atoms with Crippen LogP contribution >= 0.6 is 23.1 Å². The zero-order chi connectivity index (χ0) is 24.3. The molecule has 0 saturated carbocycles. The van der Waals surface area contributed by atoms with Gasteiger partial charge in [-0.05, 0) is 71.7 Å². The first-order valence-corrected chi connectivity index (χ1v) is 13.5. The van der Waals surface area contributed by atoms with Crippen molar-refractivity contribution >= 4 is 44.9 Å². The van der Waals surface area contributed by atoms with Gasteiger partial charge in [0.05, 0.1) is 10.2 Å². The number of aryl methyl sites for hydroxylation is 3. The monoisotopic (exact) mass is 488 g/mol. The van der Waals surface area contributed by atoms with Gasteiger partial charge in [-0.3, -0.25) is 4.79 Å². The number of carbonyl (C=O) groups excluding carboxylic acids is 1. The molecule has 0 atom stereocenters. The maximum absolute atomic E-state index is 12.4. The molecule has 176 valence electrons. The fraction of sp³-hybridized carbons (Fsp3) is 0.310. The Morgan fingerprint density at radius 1 is 1.00 bits per heavy atom. The molecule has 0 aliphatic carbocycles. The fourth-order valence-corrected chi connectivity index (χ4v) is 6.26. The summed E-state index contributed by atoms with van der Waals surface area (Å²) in [5.41, 5.74) is 8.61. The van der Waals surface area contributed by atoms with Crippen LogP contribution in [0, 0.1) is 13.8 Å². The molecule has 4 aromatic rings. The summed E-state index contributed by atoms with van der Waals surface area (Å²) in [6.45, 7) is 11.2. The summed E-state index contributed by atoms with van der Waals surface area (Å²) in [6.07, 6.45) is 1.21. The average molecular weight is 489 g/mol. The van der Waals surface area contributed by atoms with Crippen molar-refractivity contribution in [3.05, 3.63) is 88.5 Å². The fourth-order valence-electron chi connectivity index (χ4n) is 3.96. The number of thiazole rings is 1. The van der Waals surface area contributed by atoms with Gasteiger partial charge in [-0.25, -0.2) is 4.98 Å². The number of carbonyl (C=O) groups is 1. The van der Waals surface area contributed by atoms with E-state index in [-0.39, 0.29) is 11.3 Å². The van der Waals surface area contributed by atoms with Crippen molar-refractivity contribution < 1.29 is 4.79 Å². The Hall–Kier alpha value is -2.63. The van der Waals surface area contributed by atoms with Crippen molar-refractivity contribution in [2.24, 2.45) is 0 Å². The van der Waals surface area contributed by atoms with E-state index in [9.17, 15) is 4.79 Å². The minimum absolute atomic E-state index is 0.0342. The zero-order valence-electron chi connectivity index (χ0n) is 20.6. The average Bonchev–Trinajstić information content (AvgIpc) is 3.19. The molecule has 0 aliphatic heterocycles. The van der Waals surface area contributed by atoms with E-state index < -0.39 is 0 Å². The van der Waals surface area contributed by atoms with Crippen LogP contribution in [0.25, 0.3) is 10.2 Å². The van der Waals surface area contributed by atoms with Gasteiger partial charge in [-0.1, -0.05) is 75.0 Å². The normalized spacial score (nSPS) is 11.7. The van der Waals surface area contributed by atoms with Crippen LogP contribution in [0.1, 0.15) is 55.0 Å². The molecule has 0 unspecified atom stereocenters. The highest BCUT2D eigenvalue weighted by Crippen LogP contribution is 2.35. The van der Waals surface area contributed by atoms with Crippen LogP contribution in [-0.4, -0.2) is 10.9 Å². The number of nitrogens with zero attached hydrogens (tertiary/aromatic N) is 1. The van der Waals surface area contributed by atoms with Crippen molar-refractivity contribution in [1.29, 1.82) is 0 Å². The first-order chi connectivity index (χ1) is 16.2. The lowest BCUT2D eigenvalue weighted by Crippen LogP contribution is -2.12. The number of nitrogens with one attached hydrogen (secondary N) is 1. The Labute approximate surface area is 211 Å². The van der Waals surface area contributed by atoms with Crippen molar-refractivity contribution in [2.75, 3.05) is 5.32 Å². The van der Waals surface area contributed by atoms with E-state index in [2.05, 4.69) is 64.2 Å². The van der Waals surface area contributed by atoms with Gasteiger partial charge in [0.1, 0.15) is 0 Å². The van der Waals surface area contributed by atoms with Gasteiger partial charge in [0.15, 0.2) is 4.34 Å². The molecule has 5 heteroatoms. The molecule has 4 rings (SSSR count). The van der Waals surface area contributed by atoms with Crippen molar-refractivity contribution in [3.63, 3.8) is 0 Å². The number of fused-ring (bicyclic) bond motifs is 1. The van der Waals surface area contributed by atoms with Gasteiger partial charge < -0.3 is 5.32 Å². The maximum atomic E-state index is 12.4. The zero-order valence-corrected chi connectivity index (χ0v) is 22.2. The summed E-state index contributed by atoms with van der Waals surface area (Å²) in [7, 11) is 0. The third-order valence-electron chi connectivity index (χ3n) is 6.04. The number of benzene rings is 3. The first kappa shape index (κ1) is 24.5. The largest absolute Gasteiger partial charge is 0.326 e. The van der Waals surface area contributed by atoms with Crippen LogP contribution in [0.2, 0.25) is 0 Å². The highest BCUT2D eigenvalue weighted by atomic mass is 32.2. The Morgan fingerprint density at radius 3 is 2.38 bits per heavy atom. The lowest BCUT2D eigenvalue weighted by molar-refractivity contribution is -0.116. The molecule has 1 amide bonds. The number of anilines is 1. The summed E-state index contributed by atoms with van der Waals surface area (Å²) < 4.78 is 2.15. The lowest BCUT2D eigenvalue weighted by Gasteiger charge is -2.22. The number of hydrogen-bond donors (Lipinski definition) is 1. The van der Waals surface area contributed by atoms with Gasteiger partial charge in [0.25, 0.3) is 0 Å². The minimum atomic E-state index is 0.0342. The summed E-state index contributed by atoms with van der Waals surface area (Å²) in [5, 5.41) is 3.04. The second-order valence-electron chi connectivity index (χ2n) is 9.82. The van der Waals surface area contributed by atoms with Gasteiger partial charge in [0, 0.05) is 17.9 Å². The van der Waals surface area contributed by atoms with Crippen molar-refractivity contribution in [1.82, 2.24) is 4.98 Å². The number of hydrogen-bond acceptors (Lipinski definition) is 4. The maximum Gasteiger partial charge on any atom is 0.224 e. The molecule has 1 heterocycles. The van der Waals surface area contributed by atoms with E-state index in [1.165, 1.54) is 27.8 Å². The van der Waals surface area contributed by atoms with Crippen molar-refractivity contribution in [2.45, 2.75) is 63.0 Å². The summed E-state index contributed by atoms with van der Waals surface area (Å²) in [6, 6.07) is 20.7. The number of aromatic nitrogens is 1. The highest BCUT2D eigenvalue weighted by Gasteiger charge is 2.17. The molecule has 34 heavy (non-hydrogen) atoms. The van der Waals surface area contributed by atoms with Gasteiger partial charge in [-0.2, -0.15) is 0 Å². The molecule has 0 bridgehead atoms. The first-order valence-electron chi connectivity index (χ1n) is 11.7. The minimum Gasteiger partial charge on any atom is -0.326 e. The summed E-state index contributed by atoms with van der Waals surface area (Å²) >= 11 is 3.47. The number of thioether (sulfide) groups is 1. The summed E-state index contributed by atoms with van der Waals surface area (Å²) in [4.78, 5) is 17.2. The second-order valence-corrected chi connectivity index (χ2v) is 12.1. The molecule has 3 aromatic carbocycles. The van der Waals surface area contributed by atoms with Crippen LogP contribution in [0.4, 0.5) is 5.69 Å². The Morgan fingerprint density at radius 2 is 1.71 bits per heavy atom. The molecule has 0 fully saturated rings. The smallest absolute Gasteiger partial charge is 0.224 e. The van der Waals surface area contributed by atoms with E-state index in [1.807, 2.05) is 36.4 Å². The molecule has 1 aromatic heterocycles. The van der Waals surface area contributed by atoms with Crippen LogP contribution in [0.15, 0.2) is 65.0 Å². The quantitative estimate of drug-likeness (QED) is 0.267.